The van der Waals surface area contributed by atoms with Crippen molar-refractivity contribution in [1.29, 1.82) is 0 Å². The molecule has 0 radical (unpaired) electrons. The van der Waals surface area contributed by atoms with Crippen LogP contribution >= 0.6 is 0 Å². The summed E-state index contributed by atoms with van der Waals surface area (Å²) in [6.07, 6.45) is 16.9. The van der Waals surface area contributed by atoms with Crippen LogP contribution in [-0.4, -0.2) is 29.9 Å². The molecule has 27 rings (SSSR count). The Bertz CT molecular complexity index is 9300. The van der Waals surface area contributed by atoms with Crippen molar-refractivity contribution in [3.8, 4) is 134 Å². The van der Waals surface area contributed by atoms with Gasteiger partial charge in [0.1, 0.15) is 0 Å². The quantitative estimate of drug-likeness (QED) is 0.0896. The van der Waals surface area contributed by atoms with Gasteiger partial charge in [0.05, 0.1) is 17.1 Å². The summed E-state index contributed by atoms with van der Waals surface area (Å²) >= 11 is 0. The van der Waals surface area contributed by atoms with E-state index < -0.39 is 0 Å². The van der Waals surface area contributed by atoms with Gasteiger partial charge in [0.2, 0.25) is 0 Å². The first-order chi connectivity index (χ1) is 68.5. The second-order valence-electron chi connectivity index (χ2n) is 35.4. The van der Waals surface area contributed by atoms with Crippen LogP contribution in [0.25, 0.3) is 263 Å². The maximum atomic E-state index is 4.94. The van der Waals surface area contributed by atoms with Crippen LogP contribution in [0.2, 0.25) is 0 Å². The molecule has 6 heterocycles. The van der Waals surface area contributed by atoms with E-state index in [4.69, 9.17) is 15.0 Å². The number of aromatic nitrogens is 6. The zero-order valence-corrected chi connectivity index (χ0v) is 75.2. The van der Waals surface area contributed by atoms with E-state index in [9.17, 15) is 0 Å². The minimum atomic E-state index is 0.943. The van der Waals surface area contributed by atoms with E-state index >= 15 is 0 Å². The summed E-state index contributed by atoms with van der Waals surface area (Å²) in [5, 5.41) is 29.9. The molecule has 0 saturated carbocycles. The van der Waals surface area contributed by atoms with E-state index in [0.29, 0.717) is 0 Å². The monoisotopic (exact) mass is 1750 g/mol. The maximum Gasteiger partial charge on any atom is 0.0702 e. The lowest BCUT2D eigenvalue weighted by Gasteiger charge is -2.20. The lowest BCUT2D eigenvalue weighted by Crippen LogP contribution is -1.93. The Balaban J connectivity index is 0.000000110. The van der Waals surface area contributed by atoms with Gasteiger partial charge in [-0.25, -0.2) is 0 Å². The van der Waals surface area contributed by atoms with E-state index in [-0.39, 0.29) is 0 Å². The summed E-state index contributed by atoms with van der Waals surface area (Å²) in [7, 11) is 0. The molecule has 0 N–H and O–H groups in total. The molecule has 138 heavy (non-hydrogen) atoms. The maximum absolute atomic E-state index is 4.94. The molecule has 0 amide bonds. The number of rotatable bonds is 12. The fraction of sp³-hybridized carbons (Fsp3) is 0. The second-order valence-corrected chi connectivity index (χ2v) is 35.4. The van der Waals surface area contributed by atoms with Crippen molar-refractivity contribution in [3.05, 3.63) is 511 Å². The van der Waals surface area contributed by atoms with Crippen LogP contribution in [0.3, 0.4) is 0 Å². The van der Waals surface area contributed by atoms with Gasteiger partial charge < -0.3 is 0 Å². The molecule has 0 bridgehead atoms. The van der Waals surface area contributed by atoms with Gasteiger partial charge in [0.25, 0.3) is 0 Å². The van der Waals surface area contributed by atoms with Gasteiger partial charge in [-0.1, -0.05) is 376 Å². The third kappa shape index (κ3) is 14.9. The third-order valence-corrected chi connectivity index (χ3v) is 27.5. The van der Waals surface area contributed by atoms with Crippen LogP contribution in [-0.2, 0) is 0 Å². The lowest BCUT2D eigenvalue weighted by molar-refractivity contribution is 1.30. The molecule has 0 atom stereocenters. The van der Waals surface area contributed by atoms with Gasteiger partial charge >= 0.3 is 0 Å². The van der Waals surface area contributed by atoms with E-state index in [1.165, 1.54) is 196 Å². The minimum Gasteiger partial charge on any atom is -0.264 e. The summed E-state index contributed by atoms with van der Waals surface area (Å²) in [6.45, 7) is 0. The molecule has 0 aliphatic carbocycles. The van der Waals surface area contributed by atoms with Gasteiger partial charge in [0, 0.05) is 106 Å². The summed E-state index contributed by atoms with van der Waals surface area (Å²) in [5.74, 6) is 0. The van der Waals surface area contributed by atoms with Gasteiger partial charge in [-0.3, -0.25) is 29.9 Å². The molecule has 6 nitrogen and oxygen atoms in total. The zero-order chi connectivity index (χ0) is 91.4. The molecule has 27 aromatic rings. The fourth-order valence-electron chi connectivity index (χ4n) is 21.1. The Morgan fingerprint density at radius 2 is 0.362 bits per heavy atom. The van der Waals surface area contributed by atoms with Crippen molar-refractivity contribution in [3.63, 3.8) is 0 Å². The Labute approximate surface area is 798 Å². The highest BCUT2D eigenvalue weighted by Gasteiger charge is 2.25. The molecule has 0 fully saturated rings. The molecule has 0 spiro atoms. The first-order valence-corrected chi connectivity index (χ1v) is 46.9. The topological polar surface area (TPSA) is 77.3 Å². The van der Waals surface area contributed by atoms with Crippen LogP contribution in [0.1, 0.15) is 0 Å². The molecule has 0 aliphatic rings. The van der Waals surface area contributed by atoms with E-state index in [2.05, 4.69) is 452 Å². The molecule has 21 aromatic carbocycles. The van der Waals surface area contributed by atoms with E-state index in [1.807, 2.05) is 55.4 Å². The van der Waals surface area contributed by atoms with Gasteiger partial charge in [-0.15, -0.1) is 0 Å². The van der Waals surface area contributed by atoms with Crippen LogP contribution in [0.5, 0.6) is 0 Å². The van der Waals surface area contributed by atoms with Crippen LogP contribution < -0.4 is 0 Å². The second kappa shape index (κ2) is 35.3. The summed E-state index contributed by atoms with van der Waals surface area (Å²) in [5.41, 5.74) is 27.3. The van der Waals surface area contributed by atoms with Crippen LogP contribution in [0.4, 0.5) is 0 Å². The number of benzene rings is 21. The standard InChI is InChI=1S/3C44H28N2/c1-3-10-31-24-34(17-15-29(31)8-1)43-38-13-5-6-14-39(38)44(35-18-16-30-9-2-4-11-32(30)25-35)41-26-33(19-21-40(41)43)42-22-20-37(28-46-42)36-12-7-23-45-27-36;1-2-11-29(12-3-1)43-37-18-8-9-19-38(37)44(40-25-30-13-4-5-15-34(30)35-16-6-7-17-36(35)40)39-22-20-31(26-41(39)43)42-23-21-33(28-46-42)32-14-10-24-45-27-32;1-2-11-29(12-3-1)43-37-18-8-9-19-38(37)44(40-25-30-13-4-5-15-34(30)35-16-6-7-17-36(35)40)41-26-31(20-22-39(41)43)42-23-21-33(28-46-42)32-14-10-24-45-27-32/h3*1-28H. The zero-order valence-electron chi connectivity index (χ0n) is 75.2. The Morgan fingerprint density at radius 1 is 0.116 bits per heavy atom. The van der Waals surface area contributed by atoms with Crippen molar-refractivity contribution in [2.45, 2.75) is 0 Å². The van der Waals surface area contributed by atoms with Crippen molar-refractivity contribution in [2.75, 3.05) is 0 Å². The minimum absolute atomic E-state index is 0.943. The predicted molar refractivity (Wildman–Crippen MR) is 581 cm³/mol. The molecular formula is C132H84N6. The van der Waals surface area contributed by atoms with Gasteiger partial charge in [-0.2, -0.15) is 0 Å². The van der Waals surface area contributed by atoms with E-state index in [0.717, 1.165) is 67.2 Å². The van der Waals surface area contributed by atoms with Crippen molar-refractivity contribution in [2.24, 2.45) is 0 Å². The summed E-state index contributed by atoms with van der Waals surface area (Å²) in [6, 6.07) is 164. The number of hydrogen-bond acceptors (Lipinski definition) is 6. The van der Waals surface area contributed by atoms with Gasteiger partial charge in [0.15, 0.2) is 0 Å². The van der Waals surface area contributed by atoms with Crippen LogP contribution in [0, 0.1) is 0 Å². The summed E-state index contributed by atoms with van der Waals surface area (Å²) < 4.78 is 0. The third-order valence-electron chi connectivity index (χ3n) is 27.5. The Kier molecular flexibility index (Phi) is 20.9. The number of nitrogens with zero attached hydrogens (tertiary/aromatic N) is 6. The molecular weight excluding hydrogens is 1670 g/mol. The average molecular weight is 1750 g/mol. The highest BCUT2D eigenvalue weighted by Crippen LogP contribution is 2.52. The molecule has 6 aromatic heterocycles. The highest BCUT2D eigenvalue weighted by atomic mass is 14.7. The first kappa shape index (κ1) is 81.6. The number of pyridine rings is 6. The molecule has 0 unspecified atom stereocenters. The first-order valence-electron chi connectivity index (χ1n) is 46.9. The predicted octanol–water partition coefficient (Wildman–Crippen LogP) is 35.3. The average Bonchev–Trinajstić information content (AvgIpc) is 0.694. The smallest absolute Gasteiger partial charge is 0.0702 e. The molecule has 0 saturated heterocycles. The largest absolute Gasteiger partial charge is 0.264 e. The number of hydrogen-bond donors (Lipinski definition) is 0. The van der Waals surface area contributed by atoms with Crippen LogP contribution in [0.15, 0.2) is 511 Å². The number of fused-ring (bicyclic) bond motifs is 14. The Hall–Kier alpha value is -18.4. The molecule has 0 aliphatic heterocycles. The normalized spacial score (nSPS) is 11.5. The van der Waals surface area contributed by atoms with Crippen molar-refractivity contribution in [1.82, 2.24) is 29.9 Å². The summed E-state index contributed by atoms with van der Waals surface area (Å²) in [4.78, 5) is 27.6. The van der Waals surface area contributed by atoms with Gasteiger partial charge in [-0.05, 0) is 275 Å². The SMILES string of the molecule is c1ccc(-c2c3ccccc3c(-c3cc4ccccc4c4ccccc34)c3cc(-c4ccc(-c5cccnc5)cn4)ccc23)cc1.c1ccc(-c2c3ccccc3c(-c3cc4ccccc4c4ccccc34)c3ccc(-c4ccc(-c5cccnc5)cn4)cc23)cc1.c1cncc(-c2ccc(-c3ccc4c(-c5ccc6ccccc6c5)c5ccccc5c(-c5ccc6ccccc6c5)c4c3)nc2)c1. The highest BCUT2D eigenvalue weighted by molar-refractivity contribution is 6.29. The Morgan fingerprint density at radius 3 is 0.717 bits per heavy atom. The van der Waals surface area contributed by atoms with Crippen molar-refractivity contribution < 1.29 is 0 Å². The molecule has 642 valence electrons. The lowest BCUT2D eigenvalue weighted by atomic mass is 9.83. The molecule has 6 heteroatoms. The van der Waals surface area contributed by atoms with Crippen molar-refractivity contribution >= 4 is 129 Å². The fourth-order valence-corrected chi connectivity index (χ4v) is 21.1. The van der Waals surface area contributed by atoms with E-state index in [1.54, 1.807) is 18.6 Å².